The second-order valence-corrected chi connectivity index (χ2v) is 8.94. The number of thioether (sulfide) groups is 1. The molecule has 0 bridgehead atoms. The molecule has 2 aromatic heterocycles. The van der Waals surface area contributed by atoms with E-state index in [1.807, 2.05) is 34.2 Å². The smallest absolute Gasteiger partial charge is 0.219 e. The van der Waals surface area contributed by atoms with E-state index in [9.17, 15) is 9.59 Å². The maximum Gasteiger partial charge on any atom is 0.219 e. The van der Waals surface area contributed by atoms with Crippen LogP contribution < -0.4 is 5.73 Å². The fraction of sp³-hybridized carbons (Fsp3) is 0.333. The molecular formula is C21H22N4O2S2. The minimum Gasteiger partial charge on any atom is -0.370 e. The van der Waals surface area contributed by atoms with Crippen molar-refractivity contribution < 1.29 is 9.59 Å². The van der Waals surface area contributed by atoms with Gasteiger partial charge in [0, 0.05) is 18.5 Å². The monoisotopic (exact) mass is 426 g/mol. The number of nitrogens with two attached hydrogens (primary N) is 1. The van der Waals surface area contributed by atoms with Crippen LogP contribution in [-0.4, -0.2) is 32.2 Å². The molecule has 0 spiro atoms. The molecule has 0 radical (unpaired) electrons. The summed E-state index contributed by atoms with van der Waals surface area (Å²) in [4.78, 5) is 25.0. The van der Waals surface area contributed by atoms with E-state index < -0.39 is 0 Å². The average Bonchev–Trinajstić information content (AvgIpc) is 3.39. The molecule has 1 amide bonds. The molecule has 1 aliphatic carbocycles. The number of aryl methyl sites for hydroxylation is 2. The number of thiophene rings is 1. The number of hydrogen-bond acceptors (Lipinski definition) is 6. The van der Waals surface area contributed by atoms with E-state index in [1.165, 1.54) is 35.7 Å². The summed E-state index contributed by atoms with van der Waals surface area (Å²) in [5.74, 6) is 0.671. The van der Waals surface area contributed by atoms with Gasteiger partial charge in [0.2, 0.25) is 5.91 Å². The van der Waals surface area contributed by atoms with Crippen LogP contribution in [-0.2, 0) is 24.2 Å². The Morgan fingerprint density at radius 2 is 1.97 bits per heavy atom. The SMILES string of the molecule is NC(=O)CCn1c(SCC(=O)c2ccc3c(c2)CCCC3)nnc1-c1cccs1. The van der Waals surface area contributed by atoms with Crippen molar-refractivity contribution in [3.05, 3.63) is 52.4 Å². The van der Waals surface area contributed by atoms with Crippen LogP contribution >= 0.6 is 23.1 Å². The lowest BCUT2D eigenvalue weighted by Crippen LogP contribution is -2.15. The fourth-order valence-electron chi connectivity index (χ4n) is 3.53. The summed E-state index contributed by atoms with van der Waals surface area (Å²) in [6, 6.07) is 9.98. The van der Waals surface area contributed by atoms with Gasteiger partial charge in [-0.2, -0.15) is 0 Å². The number of aromatic nitrogens is 3. The molecule has 0 saturated heterocycles. The van der Waals surface area contributed by atoms with Crippen LogP contribution in [0.25, 0.3) is 10.7 Å². The number of carbonyl (C=O) groups excluding carboxylic acids is 2. The predicted octanol–water partition coefficient (Wildman–Crippen LogP) is 3.74. The number of Topliss-reactive ketones (excluding diaryl/α,β-unsaturated/α-hetero) is 1. The molecule has 3 aromatic rings. The van der Waals surface area contributed by atoms with E-state index >= 15 is 0 Å². The first-order valence-corrected chi connectivity index (χ1v) is 11.5. The maximum absolute atomic E-state index is 12.8. The Morgan fingerprint density at radius 3 is 2.72 bits per heavy atom. The summed E-state index contributed by atoms with van der Waals surface area (Å²) in [6.07, 6.45) is 4.77. The Bertz CT molecular complexity index is 1030. The average molecular weight is 427 g/mol. The molecule has 0 saturated carbocycles. The quantitative estimate of drug-likeness (QED) is 0.438. The van der Waals surface area contributed by atoms with E-state index in [1.54, 1.807) is 11.3 Å². The van der Waals surface area contributed by atoms with E-state index in [0.29, 0.717) is 17.5 Å². The largest absolute Gasteiger partial charge is 0.370 e. The highest BCUT2D eigenvalue weighted by Gasteiger charge is 2.18. The minimum atomic E-state index is -0.378. The van der Waals surface area contributed by atoms with Gasteiger partial charge in [-0.25, -0.2) is 0 Å². The highest BCUT2D eigenvalue weighted by Crippen LogP contribution is 2.28. The number of carbonyl (C=O) groups is 2. The summed E-state index contributed by atoms with van der Waals surface area (Å²) in [5.41, 5.74) is 8.75. The summed E-state index contributed by atoms with van der Waals surface area (Å²) < 4.78 is 1.88. The Labute approximate surface area is 177 Å². The van der Waals surface area contributed by atoms with Crippen molar-refractivity contribution in [3.63, 3.8) is 0 Å². The molecule has 1 aromatic carbocycles. The molecule has 1 aliphatic rings. The van der Waals surface area contributed by atoms with Crippen molar-refractivity contribution in [2.24, 2.45) is 5.73 Å². The number of rotatable bonds is 8. The molecule has 0 fully saturated rings. The van der Waals surface area contributed by atoms with Crippen molar-refractivity contribution in [2.45, 2.75) is 43.8 Å². The van der Waals surface area contributed by atoms with Gasteiger partial charge in [-0.3, -0.25) is 9.59 Å². The van der Waals surface area contributed by atoms with Crippen LogP contribution in [0.4, 0.5) is 0 Å². The van der Waals surface area contributed by atoms with Gasteiger partial charge in [0.1, 0.15) is 0 Å². The normalized spacial score (nSPS) is 13.2. The van der Waals surface area contributed by atoms with Crippen LogP contribution in [0.2, 0.25) is 0 Å². The lowest BCUT2D eigenvalue weighted by Gasteiger charge is -2.16. The zero-order valence-electron chi connectivity index (χ0n) is 16.0. The van der Waals surface area contributed by atoms with Crippen LogP contribution in [0.3, 0.4) is 0 Å². The number of benzene rings is 1. The van der Waals surface area contributed by atoms with Crippen LogP contribution in [0.15, 0.2) is 40.9 Å². The zero-order valence-corrected chi connectivity index (χ0v) is 17.6. The predicted molar refractivity (Wildman–Crippen MR) is 115 cm³/mol. The van der Waals surface area contributed by atoms with E-state index in [0.717, 1.165) is 23.3 Å². The summed E-state index contributed by atoms with van der Waals surface area (Å²) in [7, 11) is 0. The number of nitrogens with zero attached hydrogens (tertiary/aromatic N) is 3. The van der Waals surface area contributed by atoms with Gasteiger partial charge < -0.3 is 10.3 Å². The fourth-order valence-corrected chi connectivity index (χ4v) is 5.10. The van der Waals surface area contributed by atoms with Crippen molar-refractivity contribution in [1.82, 2.24) is 14.8 Å². The lowest BCUT2D eigenvalue weighted by molar-refractivity contribution is -0.118. The molecule has 0 aliphatic heterocycles. The van der Waals surface area contributed by atoms with Crippen molar-refractivity contribution in [3.8, 4) is 10.7 Å². The van der Waals surface area contributed by atoms with E-state index in [2.05, 4.69) is 16.3 Å². The van der Waals surface area contributed by atoms with Crippen molar-refractivity contribution >= 4 is 34.8 Å². The van der Waals surface area contributed by atoms with Crippen molar-refractivity contribution in [2.75, 3.05) is 5.75 Å². The molecule has 29 heavy (non-hydrogen) atoms. The Morgan fingerprint density at radius 1 is 1.14 bits per heavy atom. The van der Waals surface area contributed by atoms with E-state index in [4.69, 9.17) is 5.73 Å². The third kappa shape index (κ3) is 4.59. The zero-order chi connectivity index (χ0) is 20.2. The molecular weight excluding hydrogens is 404 g/mol. The van der Waals surface area contributed by atoms with Gasteiger partial charge in [-0.15, -0.1) is 21.5 Å². The molecule has 2 heterocycles. The number of amides is 1. The second kappa shape index (κ2) is 8.92. The number of hydrogen-bond donors (Lipinski definition) is 1. The van der Waals surface area contributed by atoms with Gasteiger partial charge in [0.05, 0.1) is 10.6 Å². The van der Waals surface area contributed by atoms with E-state index in [-0.39, 0.29) is 23.9 Å². The van der Waals surface area contributed by atoms with Gasteiger partial charge >= 0.3 is 0 Å². The van der Waals surface area contributed by atoms with Gasteiger partial charge in [-0.05, 0) is 54.3 Å². The topological polar surface area (TPSA) is 90.9 Å². The first-order valence-electron chi connectivity index (χ1n) is 9.65. The number of fused-ring (bicyclic) bond motifs is 1. The molecule has 0 unspecified atom stereocenters. The maximum atomic E-state index is 12.8. The summed E-state index contributed by atoms with van der Waals surface area (Å²) >= 11 is 2.91. The first kappa shape index (κ1) is 19.8. The Balaban J connectivity index is 1.50. The Kier molecular flexibility index (Phi) is 6.10. The van der Waals surface area contributed by atoms with Gasteiger partial charge in [0.25, 0.3) is 0 Å². The number of ketones is 1. The van der Waals surface area contributed by atoms with Gasteiger partial charge in [0.15, 0.2) is 16.8 Å². The molecule has 4 rings (SSSR count). The summed E-state index contributed by atoms with van der Waals surface area (Å²) in [5, 5.41) is 11.1. The highest BCUT2D eigenvalue weighted by atomic mass is 32.2. The molecule has 2 N–H and O–H groups in total. The summed E-state index contributed by atoms with van der Waals surface area (Å²) in [6.45, 7) is 0.394. The van der Waals surface area contributed by atoms with Crippen molar-refractivity contribution in [1.29, 1.82) is 0 Å². The first-order chi connectivity index (χ1) is 14.1. The standard InChI is InChI=1S/C21H22N4O2S2/c22-19(27)9-10-25-20(18-6-3-11-28-18)23-24-21(25)29-13-17(26)16-8-7-14-4-1-2-5-15(14)12-16/h3,6-8,11-12H,1-2,4-5,9-10,13H2,(H2,22,27). The Hall–Kier alpha value is -2.45. The third-order valence-corrected chi connectivity index (χ3v) is 6.88. The second-order valence-electron chi connectivity index (χ2n) is 7.05. The molecule has 8 heteroatoms. The van der Waals surface area contributed by atoms with Crippen LogP contribution in [0.1, 0.15) is 40.7 Å². The van der Waals surface area contributed by atoms with Crippen LogP contribution in [0, 0.1) is 0 Å². The van der Waals surface area contributed by atoms with Gasteiger partial charge in [-0.1, -0.05) is 30.0 Å². The molecule has 0 atom stereocenters. The molecule has 150 valence electrons. The highest BCUT2D eigenvalue weighted by molar-refractivity contribution is 7.99. The molecule has 6 nitrogen and oxygen atoms in total. The van der Waals surface area contributed by atoms with Crippen LogP contribution in [0.5, 0.6) is 0 Å². The minimum absolute atomic E-state index is 0.0745. The third-order valence-electron chi connectivity index (χ3n) is 5.04. The number of primary amides is 1. The lowest BCUT2D eigenvalue weighted by atomic mass is 9.90.